The van der Waals surface area contributed by atoms with E-state index >= 15 is 0 Å². The molecule has 1 saturated heterocycles. The largest absolute Gasteiger partial charge is 0.357 e. The van der Waals surface area contributed by atoms with Crippen LogP contribution in [0.5, 0.6) is 0 Å². The molecule has 3 heterocycles. The lowest BCUT2D eigenvalue weighted by atomic mass is 9.94. The Morgan fingerprint density at radius 1 is 1.10 bits per heavy atom. The van der Waals surface area contributed by atoms with Crippen LogP contribution < -0.4 is 0 Å². The van der Waals surface area contributed by atoms with Gasteiger partial charge in [-0.05, 0) is 23.8 Å². The number of para-hydroxylation sites is 1. The van der Waals surface area contributed by atoms with Gasteiger partial charge in [-0.3, -0.25) is 9.59 Å². The smallest absolute Gasteiger partial charge is 0.266 e. The molecule has 0 radical (unpaired) electrons. The maximum absolute atomic E-state index is 13.1. The molecule has 1 aromatic heterocycles. The standard InChI is InChI=1S/C21H16Cl2N4O2/c22-13-6-5-12(16(23)7-13)9-24-27-11-20(28)26-10-18-15(8-19(26)21(27)29)14-3-1-2-4-17(14)25-18/h1-7,9,19,25H,8,10-11H2/t19-/m1/s1. The van der Waals surface area contributed by atoms with Crippen LogP contribution in [0.2, 0.25) is 10.0 Å². The van der Waals surface area contributed by atoms with Crippen molar-refractivity contribution in [2.75, 3.05) is 6.54 Å². The van der Waals surface area contributed by atoms with Gasteiger partial charge in [-0.1, -0.05) is 47.5 Å². The molecule has 3 aromatic rings. The van der Waals surface area contributed by atoms with E-state index in [2.05, 4.69) is 10.1 Å². The zero-order valence-corrected chi connectivity index (χ0v) is 16.7. The number of benzene rings is 2. The second-order valence-corrected chi connectivity index (χ2v) is 8.02. The first kappa shape index (κ1) is 18.2. The van der Waals surface area contributed by atoms with Crippen LogP contribution >= 0.6 is 23.2 Å². The quantitative estimate of drug-likeness (QED) is 0.635. The Morgan fingerprint density at radius 2 is 1.93 bits per heavy atom. The maximum Gasteiger partial charge on any atom is 0.266 e. The van der Waals surface area contributed by atoms with E-state index in [1.807, 2.05) is 24.3 Å². The van der Waals surface area contributed by atoms with Crippen molar-refractivity contribution in [3.63, 3.8) is 0 Å². The van der Waals surface area contributed by atoms with Gasteiger partial charge in [0.15, 0.2) is 0 Å². The number of hydrogen-bond acceptors (Lipinski definition) is 3. The van der Waals surface area contributed by atoms with E-state index in [4.69, 9.17) is 23.2 Å². The summed E-state index contributed by atoms with van der Waals surface area (Å²) in [6, 6.07) is 12.4. The molecule has 2 aromatic carbocycles. The Balaban J connectivity index is 1.44. The molecular weight excluding hydrogens is 411 g/mol. The molecule has 2 aliphatic heterocycles. The number of carbonyl (C=O) groups is 2. The first-order valence-corrected chi connectivity index (χ1v) is 9.95. The van der Waals surface area contributed by atoms with Crippen molar-refractivity contribution < 1.29 is 9.59 Å². The lowest BCUT2D eigenvalue weighted by Crippen LogP contribution is -2.60. The van der Waals surface area contributed by atoms with Crippen LogP contribution in [0.15, 0.2) is 47.6 Å². The molecule has 2 amide bonds. The summed E-state index contributed by atoms with van der Waals surface area (Å²) >= 11 is 12.1. The lowest BCUT2D eigenvalue weighted by Gasteiger charge is -2.40. The molecule has 1 atom stereocenters. The van der Waals surface area contributed by atoms with Crippen LogP contribution in [0, 0.1) is 0 Å². The van der Waals surface area contributed by atoms with Gasteiger partial charge in [-0.15, -0.1) is 0 Å². The molecule has 2 aliphatic rings. The van der Waals surface area contributed by atoms with Crippen molar-refractivity contribution in [1.82, 2.24) is 14.9 Å². The summed E-state index contributed by atoms with van der Waals surface area (Å²) in [5, 5.41) is 7.52. The summed E-state index contributed by atoms with van der Waals surface area (Å²) in [4.78, 5) is 30.8. The number of aromatic amines is 1. The van der Waals surface area contributed by atoms with Crippen molar-refractivity contribution in [3.8, 4) is 0 Å². The Bertz CT molecular complexity index is 1190. The molecular formula is C21H16Cl2N4O2. The summed E-state index contributed by atoms with van der Waals surface area (Å²) in [7, 11) is 0. The number of hydrogen-bond donors (Lipinski definition) is 1. The summed E-state index contributed by atoms with van der Waals surface area (Å²) in [6.07, 6.45) is 1.96. The van der Waals surface area contributed by atoms with Gasteiger partial charge in [0, 0.05) is 33.6 Å². The fourth-order valence-electron chi connectivity index (χ4n) is 4.00. The number of aromatic nitrogens is 1. The number of fused-ring (bicyclic) bond motifs is 4. The van der Waals surface area contributed by atoms with E-state index in [1.54, 1.807) is 23.1 Å². The van der Waals surface area contributed by atoms with Gasteiger partial charge in [0.1, 0.15) is 12.6 Å². The summed E-state index contributed by atoms with van der Waals surface area (Å²) in [5.74, 6) is -0.319. The Hall–Kier alpha value is -2.83. The Kier molecular flexibility index (Phi) is 4.33. The monoisotopic (exact) mass is 426 g/mol. The zero-order valence-electron chi connectivity index (χ0n) is 15.2. The molecule has 29 heavy (non-hydrogen) atoms. The highest BCUT2D eigenvalue weighted by Crippen LogP contribution is 2.32. The van der Waals surface area contributed by atoms with Gasteiger partial charge >= 0.3 is 0 Å². The number of H-pyrrole nitrogens is 1. The number of halogens is 2. The predicted octanol–water partition coefficient (Wildman–Crippen LogP) is 3.60. The second kappa shape index (κ2) is 6.90. The predicted molar refractivity (Wildman–Crippen MR) is 112 cm³/mol. The van der Waals surface area contributed by atoms with E-state index < -0.39 is 6.04 Å². The molecule has 0 saturated carbocycles. The maximum atomic E-state index is 13.1. The normalized spacial score (nSPS) is 19.2. The highest BCUT2D eigenvalue weighted by molar-refractivity contribution is 6.36. The fraction of sp³-hybridized carbons (Fsp3) is 0.190. The van der Waals surface area contributed by atoms with E-state index in [9.17, 15) is 9.59 Å². The molecule has 0 unspecified atom stereocenters. The first-order chi connectivity index (χ1) is 14.0. The summed E-state index contributed by atoms with van der Waals surface area (Å²) in [5.41, 5.74) is 3.73. The number of hydrazone groups is 1. The van der Waals surface area contributed by atoms with Gasteiger partial charge in [-0.2, -0.15) is 5.10 Å². The van der Waals surface area contributed by atoms with Gasteiger partial charge in [0.2, 0.25) is 5.91 Å². The minimum absolute atomic E-state index is 0.0907. The van der Waals surface area contributed by atoms with Gasteiger partial charge in [0.05, 0.1) is 17.8 Å². The summed E-state index contributed by atoms with van der Waals surface area (Å²) in [6.45, 7) is 0.312. The summed E-state index contributed by atoms with van der Waals surface area (Å²) < 4.78 is 0. The lowest BCUT2D eigenvalue weighted by molar-refractivity contribution is -0.157. The van der Waals surface area contributed by atoms with Crippen LogP contribution in [0.4, 0.5) is 0 Å². The minimum atomic E-state index is -0.555. The van der Waals surface area contributed by atoms with Crippen molar-refractivity contribution in [1.29, 1.82) is 0 Å². The molecule has 5 rings (SSSR count). The average Bonchev–Trinajstić information content (AvgIpc) is 3.07. The van der Waals surface area contributed by atoms with Crippen LogP contribution in [0.3, 0.4) is 0 Å². The third-order valence-electron chi connectivity index (χ3n) is 5.45. The molecule has 1 N–H and O–H groups in total. The first-order valence-electron chi connectivity index (χ1n) is 9.19. The average molecular weight is 427 g/mol. The van der Waals surface area contributed by atoms with Crippen LogP contribution in [-0.4, -0.2) is 45.5 Å². The molecule has 0 spiro atoms. The highest BCUT2D eigenvalue weighted by atomic mass is 35.5. The van der Waals surface area contributed by atoms with Crippen LogP contribution in [0.1, 0.15) is 16.8 Å². The van der Waals surface area contributed by atoms with E-state index in [-0.39, 0.29) is 18.4 Å². The van der Waals surface area contributed by atoms with Crippen molar-refractivity contribution >= 4 is 52.1 Å². The van der Waals surface area contributed by atoms with Crippen LogP contribution in [0.25, 0.3) is 10.9 Å². The third kappa shape index (κ3) is 3.09. The number of nitrogens with zero attached hydrogens (tertiary/aromatic N) is 3. The number of carbonyl (C=O) groups excluding carboxylic acids is 2. The molecule has 1 fully saturated rings. The zero-order chi connectivity index (χ0) is 20.1. The minimum Gasteiger partial charge on any atom is -0.357 e. The molecule has 8 heteroatoms. The topological polar surface area (TPSA) is 68.8 Å². The Morgan fingerprint density at radius 3 is 2.76 bits per heavy atom. The fourth-order valence-corrected chi connectivity index (χ4v) is 4.45. The molecule has 0 bridgehead atoms. The van der Waals surface area contributed by atoms with Crippen molar-refractivity contribution in [3.05, 3.63) is 69.3 Å². The van der Waals surface area contributed by atoms with Gasteiger partial charge in [0.25, 0.3) is 5.91 Å². The van der Waals surface area contributed by atoms with E-state index in [0.29, 0.717) is 28.6 Å². The van der Waals surface area contributed by atoms with Gasteiger partial charge in [-0.25, -0.2) is 5.01 Å². The SMILES string of the molecule is O=C1[C@H]2Cc3c([nH]c4ccccc34)CN2C(=O)CN1N=Cc1ccc(Cl)cc1Cl. The highest BCUT2D eigenvalue weighted by Gasteiger charge is 2.43. The molecule has 0 aliphatic carbocycles. The third-order valence-corrected chi connectivity index (χ3v) is 6.01. The van der Waals surface area contributed by atoms with Crippen LogP contribution in [-0.2, 0) is 22.6 Å². The number of piperazine rings is 1. The van der Waals surface area contributed by atoms with Crippen molar-refractivity contribution in [2.45, 2.75) is 19.0 Å². The van der Waals surface area contributed by atoms with E-state index in [1.165, 1.54) is 11.2 Å². The van der Waals surface area contributed by atoms with Crippen molar-refractivity contribution in [2.24, 2.45) is 5.10 Å². The number of amides is 2. The van der Waals surface area contributed by atoms with Gasteiger partial charge < -0.3 is 9.88 Å². The molecule has 6 nitrogen and oxygen atoms in total. The Labute approximate surface area is 176 Å². The second-order valence-electron chi connectivity index (χ2n) is 7.18. The number of nitrogens with one attached hydrogen (secondary N) is 1. The number of rotatable bonds is 2. The molecule has 146 valence electrons. The van der Waals surface area contributed by atoms with E-state index in [0.717, 1.165) is 22.2 Å².